The average molecular weight is 356 g/mol. The van der Waals surface area contributed by atoms with E-state index in [1.165, 1.54) is 35.6 Å². The summed E-state index contributed by atoms with van der Waals surface area (Å²) in [5.74, 6) is 0.0899. The topological polar surface area (TPSA) is 109 Å². The van der Waals surface area contributed by atoms with E-state index in [2.05, 4.69) is 4.98 Å². The lowest BCUT2D eigenvalue weighted by atomic mass is 10.3. The lowest BCUT2D eigenvalue weighted by molar-refractivity contribution is -0.143. The third-order valence-electron chi connectivity index (χ3n) is 2.76. The second-order valence-corrected chi connectivity index (χ2v) is 7.24. The number of carbonyl (C=O) groups excluding carboxylic acids is 1. The molecular formula is C14H16N2O5S2. The molecule has 0 unspecified atom stereocenters. The number of hydrogen-bond acceptors (Lipinski definition) is 7. The van der Waals surface area contributed by atoms with Gasteiger partial charge in [-0.05, 0) is 31.2 Å². The number of aryl methyl sites for hydroxylation is 1. The molecular weight excluding hydrogens is 340 g/mol. The predicted octanol–water partition coefficient (Wildman–Crippen LogP) is 1.26. The van der Waals surface area contributed by atoms with Gasteiger partial charge in [0.2, 0.25) is 10.0 Å². The van der Waals surface area contributed by atoms with E-state index in [1.54, 1.807) is 0 Å². The van der Waals surface area contributed by atoms with Gasteiger partial charge in [0, 0.05) is 5.38 Å². The van der Waals surface area contributed by atoms with Gasteiger partial charge in [0.05, 0.1) is 22.0 Å². The molecule has 0 saturated heterocycles. The lowest BCUT2D eigenvalue weighted by Crippen LogP contribution is -2.14. The van der Waals surface area contributed by atoms with Crippen molar-refractivity contribution in [2.45, 2.75) is 18.2 Å². The van der Waals surface area contributed by atoms with Crippen LogP contribution < -0.4 is 9.88 Å². The Kier molecular flexibility index (Phi) is 5.69. The highest BCUT2D eigenvalue weighted by Gasteiger charge is 2.09. The zero-order chi connectivity index (χ0) is 16.9. The highest BCUT2D eigenvalue weighted by molar-refractivity contribution is 7.89. The van der Waals surface area contributed by atoms with Gasteiger partial charge in [0.25, 0.3) is 0 Å². The molecule has 0 fully saturated rings. The van der Waals surface area contributed by atoms with Crippen LogP contribution in [-0.2, 0) is 26.0 Å². The van der Waals surface area contributed by atoms with Crippen LogP contribution in [0.4, 0.5) is 0 Å². The van der Waals surface area contributed by atoms with Gasteiger partial charge in [-0.1, -0.05) is 0 Å². The van der Waals surface area contributed by atoms with Crippen molar-refractivity contribution in [2.24, 2.45) is 5.14 Å². The molecule has 2 aromatic rings. The molecule has 0 amide bonds. The van der Waals surface area contributed by atoms with Crippen LogP contribution in [0.1, 0.15) is 10.7 Å². The fraction of sp³-hybridized carbons (Fsp3) is 0.286. The molecule has 0 bridgehead atoms. The van der Waals surface area contributed by atoms with Crippen LogP contribution in [0.2, 0.25) is 0 Å². The van der Waals surface area contributed by atoms with Crippen molar-refractivity contribution in [3.8, 4) is 5.75 Å². The molecule has 0 aliphatic heterocycles. The van der Waals surface area contributed by atoms with Crippen LogP contribution in [0.3, 0.4) is 0 Å². The molecule has 9 heteroatoms. The van der Waals surface area contributed by atoms with E-state index in [4.69, 9.17) is 14.6 Å². The summed E-state index contributed by atoms with van der Waals surface area (Å²) in [5, 5.41) is 7.72. The summed E-state index contributed by atoms with van der Waals surface area (Å²) in [6, 6.07) is 5.67. The molecule has 1 heterocycles. The van der Waals surface area contributed by atoms with Crippen LogP contribution in [0.5, 0.6) is 5.75 Å². The number of nitrogens with zero attached hydrogens (tertiary/aromatic N) is 1. The molecule has 124 valence electrons. The van der Waals surface area contributed by atoms with Crippen molar-refractivity contribution in [3.05, 3.63) is 40.3 Å². The number of esters is 1. The Morgan fingerprint density at radius 3 is 2.52 bits per heavy atom. The Morgan fingerprint density at radius 2 is 1.96 bits per heavy atom. The fourth-order valence-corrected chi connectivity index (χ4v) is 2.86. The van der Waals surface area contributed by atoms with Gasteiger partial charge in [0.15, 0.2) is 0 Å². The van der Waals surface area contributed by atoms with E-state index in [1.807, 2.05) is 12.3 Å². The third kappa shape index (κ3) is 5.62. The van der Waals surface area contributed by atoms with Crippen molar-refractivity contribution in [2.75, 3.05) is 13.2 Å². The minimum atomic E-state index is -3.71. The first-order chi connectivity index (χ1) is 10.8. The van der Waals surface area contributed by atoms with Gasteiger partial charge in [-0.3, -0.25) is 4.79 Å². The van der Waals surface area contributed by atoms with E-state index < -0.39 is 10.0 Å². The minimum Gasteiger partial charge on any atom is -0.490 e. The van der Waals surface area contributed by atoms with E-state index >= 15 is 0 Å². The van der Waals surface area contributed by atoms with Crippen LogP contribution in [-0.4, -0.2) is 32.6 Å². The van der Waals surface area contributed by atoms with Crippen molar-refractivity contribution >= 4 is 27.3 Å². The van der Waals surface area contributed by atoms with Gasteiger partial charge in [0.1, 0.15) is 19.0 Å². The number of nitrogens with two attached hydrogens (primary N) is 1. The highest BCUT2D eigenvalue weighted by Crippen LogP contribution is 2.14. The molecule has 0 radical (unpaired) electrons. The van der Waals surface area contributed by atoms with E-state index in [0.717, 1.165) is 5.01 Å². The maximum atomic E-state index is 11.6. The number of benzene rings is 1. The number of ether oxygens (including phenoxy) is 2. The Morgan fingerprint density at radius 1 is 1.26 bits per heavy atom. The number of rotatable bonds is 7. The summed E-state index contributed by atoms with van der Waals surface area (Å²) in [7, 11) is -3.71. The second kappa shape index (κ2) is 7.53. The monoisotopic (exact) mass is 356 g/mol. The van der Waals surface area contributed by atoms with Crippen molar-refractivity contribution in [3.63, 3.8) is 0 Å². The van der Waals surface area contributed by atoms with Crippen LogP contribution in [0.15, 0.2) is 34.5 Å². The van der Waals surface area contributed by atoms with Crippen molar-refractivity contribution in [1.82, 2.24) is 4.98 Å². The summed E-state index contributed by atoms with van der Waals surface area (Å²) in [5.41, 5.74) is 0.692. The molecule has 0 atom stereocenters. The standard InChI is InChI=1S/C14H16N2O5S2/c1-10-16-11(9-22-10)8-14(17)21-7-6-20-12-2-4-13(5-3-12)23(15,18)19/h2-5,9H,6-8H2,1H3,(H2,15,18,19). The van der Waals surface area contributed by atoms with Gasteiger partial charge in [-0.15, -0.1) is 11.3 Å². The fourth-order valence-electron chi connectivity index (χ4n) is 1.73. The summed E-state index contributed by atoms with van der Waals surface area (Å²) in [4.78, 5) is 15.8. The molecule has 0 aliphatic carbocycles. The van der Waals surface area contributed by atoms with Crippen LogP contribution in [0, 0.1) is 6.92 Å². The molecule has 0 saturated carbocycles. The Bertz CT molecular complexity index is 769. The predicted molar refractivity (Wildman–Crippen MR) is 84.8 cm³/mol. The number of thiazole rings is 1. The quantitative estimate of drug-likeness (QED) is 0.591. The first-order valence-corrected chi connectivity index (χ1v) is 9.09. The normalized spacial score (nSPS) is 11.2. The highest BCUT2D eigenvalue weighted by atomic mass is 32.2. The molecule has 23 heavy (non-hydrogen) atoms. The average Bonchev–Trinajstić information content (AvgIpc) is 2.88. The second-order valence-electron chi connectivity index (χ2n) is 4.62. The largest absolute Gasteiger partial charge is 0.490 e. The number of primary sulfonamides is 1. The molecule has 1 aromatic heterocycles. The molecule has 2 N–H and O–H groups in total. The maximum Gasteiger partial charge on any atom is 0.312 e. The molecule has 1 aromatic carbocycles. The maximum absolute atomic E-state index is 11.6. The number of carbonyl (C=O) groups is 1. The molecule has 0 aliphatic rings. The van der Waals surface area contributed by atoms with Gasteiger partial charge in [-0.2, -0.15) is 0 Å². The minimum absolute atomic E-state index is 0.00911. The lowest BCUT2D eigenvalue weighted by Gasteiger charge is -2.07. The van der Waals surface area contributed by atoms with Crippen molar-refractivity contribution in [1.29, 1.82) is 0 Å². The molecule has 0 spiro atoms. The van der Waals surface area contributed by atoms with E-state index in [0.29, 0.717) is 11.4 Å². The zero-order valence-electron chi connectivity index (χ0n) is 12.4. The summed E-state index contributed by atoms with van der Waals surface area (Å²) in [6.07, 6.45) is 0.132. The van der Waals surface area contributed by atoms with Crippen LogP contribution >= 0.6 is 11.3 Å². The number of hydrogen-bond donors (Lipinski definition) is 1. The Hall–Kier alpha value is -1.97. The molecule has 7 nitrogen and oxygen atoms in total. The Balaban J connectivity index is 1.72. The number of aromatic nitrogens is 1. The third-order valence-corrected chi connectivity index (χ3v) is 4.51. The number of sulfonamides is 1. The van der Waals surface area contributed by atoms with Gasteiger partial charge < -0.3 is 9.47 Å². The van der Waals surface area contributed by atoms with Gasteiger partial charge >= 0.3 is 5.97 Å². The zero-order valence-corrected chi connectivity index (χ0v) is 14.0. The summed E-state index contributed by atoms with van der Waals surface area (Å²) >= 11 is 1.48. The van der Waals surface area contributed by atoms with Crippen LogP contribution in [0.25, 0.3) is 0 Å². The van der Waals surface area contributed by atoms with Crippen molar-refractivity contribution < 1.29 is 22.7 Å². The smallest absolute Gasteiger partial charge is 0.312 e. The SMILES string of the molecule is Cc1nc(CC(=O)OCCOc2ccc(S(N)(=O)=O)cc2)cs1. The summed E-state index contributed by atoms with van der Waals surface area (Å²) < 4.78 is 32.6. The summed E-state index contributed by atoms with van der Waals surface area (Å²) in [6.45, 7) is 2.13. The molecule has 2 rings (SSSR count). The van der Waals surface area contributed by atoms with E-state index in [-0.39, 0.29) is 30.5 Å². The first-order valence-electron chi connectivity index (χ1n) is 6.67. The van der Waals surface area contributed by atoms with E-state index in [9.17, 15) is 13.2 Å². The first kappa shape index (κ1) is 17.4. The Labute approximate surface area is 138 Å². The van der Waals surface area contributed by atoms with Gasteiger partial charge in [-0.25, -0.2) is 18.5 Å².